The second-order valence-electron chi connectivity index (χ2n) is 7.70. The van der Waals surface area contributed by atoms with Gasteiger partial charge in [0.1, 0.15) is 0 Å². The molecule has 0 atom stereocenters. The molecule has 0 radical (unpaired) electrons. The molecule has 1 N–H and O–H groups in total. The van der Waals surface area contributed by atoms with Crippen LogP contribution in [0.5, 0.6) is 0 Å². The molecule has 0 bridgehead atoms. The molecule has 158 valence electrons. The lowest BCUT2D eigenvalue weighted by Crippen LogP contribution is -2.49. The standard InChI is InChI=1S/C25H24ClN3O2/c1-18-3-5-19(6-4-18)17-28-15-2-16-29(25(28)31)23-13-7-20(8-14-23)24(30)27-22-11-9-21(26)10-12-22/h3-14H,2,15-17H2,1H3,(H,27,30). The van der Waals surface area contributed by atoms with Gasteiger partial charge in [-0.25, -0.2) is 4.79 Å². The van der Waals surface area contributed by atoms with E-state index in [1.54, 1.807) is 41.3 Å². The summed E-state index contributed by atoms with van der Waals surface area (Å²) in [5.41, 5.74) is 4.32. The van der Waals surface area contributed by atoms with E-state index >= 15 is 0 Å². The summed E-state index contributed by atoms with van der Waals surface area (Å²) >= 11 is 5.88. The van der Waals surface area contributed by atoms with Crippen molar-refractivity contribution < 1.29 is 9.59 Å². The summed E-state index contributed by atoms with van der Waals surface area (Å²) in [6, 6.07) is 22.3. The van der Waals surface area contributed by atoms with Crippen LogP contribution in [0.15, 0.2) is 72.8 Å². The zero-order chi connectivity index (χ0) is 21.8. The summed E-state index contributed by atoms with van der Waals surface area (Å²) in [7, 11) is 0. The number of carbonyl (C=O) groups is 2. The number of aryl methyl sites for hydroxylation is 1. The van der Waals surface area contributed by atoms with E-state index in [4.69, 9.17) is 11.6 Å². The summed E-state index contributed by atoms with van der Waals surface area (Å²) in [5.74, 6) is -0.208. The topological polar surface area (TPSA) is 52.6 Å². The van der Waals surface area contributed by atoms with Crippen LogP contribution in [0.3, 0.4) is 0 Å². The van der Waals surface area contributed by atoms with Crippen molar-refractivity contribution in [3.63, 3.8) is 0 Å². The highest BCUT2D eigenvalue weighted by molar-refractivity contribution is 6.30. The van der Waals surface area contributed by atoms with Gasteiger partial charge >= 0.3 is 6.03 Å². The molecule has 0 aromatic heterocycles. The van der Waals surface area contributed by atoms with Crippen LogP contribution in [-0.4, -0.2) is 29.9 Å². The Hall–Kier alpha value is -3.31. The Balaban J connectivity index is 1.42. The maximum Gasteiger partial charge on any atom is 0.324 e. The Kier molecular flexibility index (Phi) is 6.23. The fourth-order valence-corrected chi connectivity index (χ4v) is 3.74. The van der Waals surface area contributed by atoms with Gasteiger partial charge in [-0.05, 0) is 67.4 Å². The van der Waals surface area contributed by atoms with Crippen molar-refractivity contribution in [1.29, 1.82) is 0 Å². The molecule has 0 aliphatic carbocycles. The lowest BCUT2D eigenvalue weighted by atomic mass is 10.1. The van der Waals surface area contributed by atoms with Crippen LogP contribution in [0.25, 0.3) is 0 Å². The maximum atomic E-state index is 13.0. The molecule has 0 unspecified atom stereocenters. The molecular weight excluding hydrogens is 410 g/mol. The van der Waals surface area contributed by atoms with Gasteiger partial charge in [0.25, 0.3) is 5.91 Å². The SMILES string of the molecule is Cc1ccc(CN2CCCN(c3ccc(C(=O)Nc4ccc(Cl)cc4)cc3)C2=O)cc1. The molecule has 4 rings (SSSR count). The zero-order valence-corrected chi connectivity index (χ0v) is 18.1. The van der Waals surface area contributed by atoms with Gasteiger partial charge in [0.05, 0.1) is 0 Å². The second-order valence-corrected chi connectivity index (χ2v) is 8.14. The third-order valence-electron chi connectivity index (χ3n) is 5.35. The van der Waals surface area contributed by atoms with Gasteiger partial charge in [0, 0.05) is 41.6 Å². The molecule has 31 heavy (non-hydrogen) atoms. The van der Waals surface area contributed by atoms with Crippen LogP contribution >= 0.6 is 11.6 Å². The van der Waals surface area contributed by atoms with Gasteiger partial charge < -0.3 is 10.2 Å². The molecule has 3 aromatic carbocycles. The third kappa shape index (κ3) is 5.06. The fraction of sp³-hybridized carbons (Fsp3) is 0.200. The average Bonchev–Trinajstić information content (AvgIpc) is 2.78. The molecule has 5 nitrogen and oxygen atoms in total. The van der Waals surface area contributed by atoms with E-state index < -0.39 is 0 Å². The van der Waals surface area contributed by atoms with Crippen molar-refractivity contribution in [1.82, 2.24) is 4.90 Å². The van der Waals surface area contributed by atoms with Crippen LogP contribution in [-0.2, 0) is 6.54 Å². The number of nitrogens with zero attached hydrogens (tertiary/aromatic N) is 2. The summed E-state index contributed by atoms with van der Waals surface area (Å²) in [4.78, 5) is 29.2. The molecule has 3 aromatic rings. The Morgan fingerprint density at radius 2 is 1.61 bits per heavy atom. The molecule has 0 spiro atoms. The molecular formula is C25H24ClN3O2. The molecule has 1 heterocycles. The molecule has 1 aliphatic heterocycles. The minimum atomic E-state index is -0.208. The van der Waals surface area contributed by atoms with Crippen LogP contribution in [0.4, 0.5) is 16.2 Å². The summed E-state index contributed by atoms with van der Waals surface area (Å²) < 4.78 is 0. The van der Waals surface area contributed by atoms with E-state index in [1.165, 1.54) is 5.56 Å². The lowest BCUT2D eigenvalue weighted by molar-refractivity contribution is 0.102. The number of benzene rings is 3. The lowest BCUT2D eigenvalue weighted by Gasteiger charge is -2.35. The average molecular weight is 434 g/mol. The molecule has 1 aliphatic rings. The first kappa shape index (κ1) is 20.9. The van der Waals surface area contributed by atoms with Crippen molar-refractivity contribution in [2.75, 3.05) is 23.3 Å². The van der Waals surface area contributed by atoms with Crippen LogP contribution in [0.2, 0.25) is 5.02 Å². The van der Waals surface area contributed by atoms with E-state index in [-0.39, 0.29) is 11.9 Å². The molecule has 1 fully saturated rings. The molecule has 3 amide bonds. The number of nitrogens with one attached hydrogen (secondary N) is 1. The minimum Gasteiger partial charge on any atom is -0.322 e. The van der Waals surface area contributed by atoms with E-state index in [0.29, 0.717) is 29.4 Å². The second kappa shape index (κ2) is 9.23. The summed E-state index contributed by atoms with van der Waals surface area (Å²) in [6.07, 6.45) is 0.899. The van der Waals surface area contributed by atoms with Crippen LogP contribution < -0.4 is 10.2 Å². The number of halogens is 1. The van der Waals surface area contributed by atoms with Gasteiger partial charge in [-0.15, -0.1) is 0 Å². The van der Waals surface area contributed by atoms with Crippen molar-refractivity contribution in [3.05, 3.63) is 94.5 Å². The van der Waals surface area contributed by atoms with Crippen molar-refractivity contribution in [2.45, 2.75) is 19.9 Å². The number of anilines is 2. The number of carbonyl (C=O) groups excluding carboxylic acids is 2. The molecule has 6 heteroatoms. The predicted octanol–water partition coefficient (Wildman–Crippen LogP) is 5.73. The first-order valence-corrected chi connectivity index (χ1v) is 10.7. The van der Waals surface area contributed by atoms with Crippen molar-refractivity contribution in [3.8, 4) is 0 Å². The quantitative estimate of drug-likeness (QED) is 0.558. The summed E-state index contributed by atoms with van der Waals surface area (Å²) in [5, 5.41) is 3.46. The Morgan fingerprint density at radius 3 is 2.29 bits per heavy atom. The van der Waals surface area contributed by atoms with Crippen LogP contribution in [0.1, 0.15) is 27.9 Å². The molecule has 0 saturated carbocycles. The Morgan fingerprint density at radius 1 is 0.935 bits per heavy atom. The normalized spacial score (nSPS) is 13.9. The largest absolute Gasteiger partial charge is 0.324 e. The van der Waals surface area contributed by atoms with Gasteiger partial charge in [0.15, 0.2) is 0 Å². The van der Waals surface area contributed by atoms with Crippen molar-refractivity contribution >= 4 is 34.9 Å². The zero-order valence-electron chi connectivity index (χ0n) is 17.3. The van der Waals surface area contributed by atoms with Gasteiger partial charge in [-0.3, -0.25) is 9.69 Å². The van der Waals surface area contributed by atoms with E-state index in [2.05, 4.69) is 36.5 Å². The summed E-state index contributed by atoms with van der Waals surface area (Å²) in [6.45, 7) is 4.05. The smallest absolute Gasteiger partial charge is 0.322 e. The van der Waals surface area contributed by atoms with Crippen LogP contribution in [0, 0.1) is 6.92 Å². The highest BCUT2D eigenvalue weighted by atomic mass is 35.5. The van der Waals surface area contributed by atoms with Gasteiger partial charge in [-0.2, -0.15) is 0 Å². The van der Waals surface area contributed by atoms with Crippen molar-refractivity contribution in [2.24, 2.45) is 0 Å². The monoisotopic (exact) mass is 433 g/mol. The molecule has 1 saturated heterocycles. The van der Waals surface area contributed by atoms with E-state index in [9.17, 15) is 9.59 Å². The number of rotatable bonds is 5. The number of urea groups is 1. The number of hydrogen-bond acceptors (Lipinski definition) is 2. The van der Waals surface area contributed by atoms with E-state index in [1.807, 2.05) is 17.0 Å². The number of amides is 3. The highest BCUT2D eigenvalue weighted by Crippen LogP contribution is 2.23. The number of hydrogen-bond donors (Lipinski definition) is 1. The minimum absolute atomic E-state index is 0.00908. The first-order valence-electron chi connectivity index (χ1n) is 10.3. The Labute approximate surface area is 187 Å². The van der Waals surface area contributed by atoms with Gasteiger partial charge in [0.2, 0.25) is 0 Å². The van der Waals surface area contributed by atoms with Gasteiger partial charge in [-0.1, -0.05) is 41.4 Å². The highest BCUT2D eigenvalue weighted by Gasteiger charge is 2.26. The predicted molar refractivity (Wildman–Crippen MR) is 125 cm³/mol. The van der Waals surface area contributed by atoms with E-state index in [0.717, 1.165) is 24.2 Å². The first-order chi connectivity index (χ1) is 15.0. The Bertz CT molecular complexity index is 1060. The fourth-order valence-electron chi connectivity index (χ4n) is 3.61. The third-order valence-corrected chi connectivity index (χ3v) is 5.60. The maximum absolute atomic E-state index is 13.0.